The lowest BCUT2D eigenvalue weighted by Crippen LogP contribution is -2.20. The van der Waals surface area contributed by atoms with Crippen LogP contribution in [0.25, 0.3) is 5.57 Å². The molecule has 0 saturated carbocycles. The zero-order chi connectivity index (χ0) is 9.10. The van der Waals surface area contributed by atoms with E-state index in [2.05, 4.69) is 28.5 Å². The first kappa shape index (κ1) is 14.4. The third-order valence-corrected chi connectivity index (χ3v) is 2.28. The Morgan fingerprint density at radius 3 is 2.67 bits per heavy atom. The normalized spacial score (nSPS) is 14.6. The second kappa shape index (κ2) is 6.83. The van der Waals surface area contributed by atoms with Crippen molar-refractivity contribution in [2.45, 2.75) is 13.3 Å². The molecule has 1 aliphatic heterocycles. The van der Waals surface area contributed by atoms with E-state index in [0.717, 1.165) is 30.9 Å². The number of pyridine rings is 1. The lowest BCUT2D eigenvalue weighted by Gasteiger charge is -2.13. The van der Waals surface area contributed by atoms with Crippen LogP contribution in [0.15, 0.2) is 24.3 Å². The molecular weight excluding hydrogens is 231 g/mol. The Kier molecular flexibility index (Phi) is 6.57. The van der Waals surface area contributed by atoms with Crippen LogP contribution >= 0.6 is 24.8 Å². The van der Waals surface area contributed by atoms with Crippen LogP contribution in [0.5, 0.6) is 0 Å². The fourth-order valence-corrected chi connectivity index (χ4v) is 1.58. The fourth-order valence-electron chi connectivity index (χ4n) is 1.58. The largest absolute Gasteiger partial charge is 0.313 e. The van der Waals surface area contributed by atoms with Crippen LogP contribution in [0, 0.1) is 6.92 Å². The molecule has 0 unspecified atom stereocenters. The van der Waals surface area contributed by atoms with E-state index in [1.165, 1.54) is 5.57 Å². The van der Waals surface area contributed by atoms with Gasteiger partial charge in [0.05, 0.1) is 5.69 Å². The molecule has 4 heteroatoms. The summed E-state index contributed by atoms with van der Waals surface area (Å²) in [4.78, 5) is 4.50. The van der Waals surface area contributed by atoms with Crippen LogP contribution in [-0.2, 0) is 0 Å². The molecule has 0 saturated heterocycles. The Bertz CT molecular complexity index is 337. The van der Waals surface area contributed by atoms with Crippen molar-refractivity contribution in [3.63, 3.8) is 0 Å². The average molecular weight is 247 g/mol. The standard InChI is InChI=1S/C11H14N2.2ClH/c1-9-3-2-4-11(13-9)10-5-7-12-8-6-10;;/h2-5,12H,6-8H2,1H3;2*1H. The van der Waals surface area contributed by atoms with Gasteiger partial charge in [0.15, 0.2) is 0 Å². The quantitative estimate of drug-likeness (QED) is 0.825. The molecular formula is C11H16Cl2N2. The molecule has 0 amide bonds. The monoisotopic (exact) mass is 246 g/mol. The number of hydrogen-bond donors (Lipinski definition) is 1. The Morgan fingerprint density at radius 1 is 1.27 bits per heavy atom. The molecule has 15 heavy (non-hydrogen) atoms. The van der Waals surface area contributed by atoms with Gasteiger partial charge in [0, 0.05) is 12.2 Å². The first-order valence-electron chi connectivity index (χ1n) is 4.70. The molecule has 2 rings (SSSR count). The maximum absolute atomic E-state index is 4.50. The summed E-state index contributed by atoms with van der Waals surface area (Å²) in [6, 6.07) is 6.19. The topological polar surface area (TPSA) is 24.9 Å². The van der Waals surface area contributed by atoms with Gasteiger partial charge in [-0.15, -0.1) is 24.8 Å². The van der Waals surface area contributed by atoms with Crippen LogP contribution < -0.4 is 5.32 Å². The number of aryl methyl sites for hydroxylation is 1. The minimum absolute atomic E-state index is 0. The average Bonchev–Trinajstić information content (AvgIpc) is 2.19. The zero-order valence-corrected chi connectivity index (χ0v) is 10.3. The molecule has 1 aromatic rings. The Morgan fingerprint density at radius 2 is 2.07 bits per heavy atom. The molecule has 0 radical (unpaired) electrons. The van der Waals surface area contributed by atoms with Crippen LogP contribution in [-0.4, -0.2) is 18.1 Å². The van der Waals surface area contributed by atoms with E-state index < -0.39 is 0 Å². The Balaban J connectivity index is 0.000000980. The van der Waals surface area contributed by atoms with Crippen molar-refractivity contribution >= 4 is 30.4 Å². The predicted molar refractivity (Wildman–Crippen MR) is 68.9 cm³/mol. The Labute approximate surface area is 103 Å². The smallest absolute Gasteiger partial charge is 0.0662 e. The van der Waals surface area contributed by atoms with Crippen molar-refractivity contribution in [1.29, 1.82) is 0 Å². The first-order valence-corrected chi connectivity index (χ1v) is 4.70. The maximum atomic E-state index is 4.50. The highest BCUT2D eigenvalue weighted by Crippen LogP contribution is 2.17. The van der Waals surface area contributed by atoms with Gasteiger partial charge in [-0.1, -0.05) is 12.1 Å². The van der Waals surface area contributed by atoms with E-state index >= 15 is 0 Å². The van der Waals surface area contributed by atoms with Crippen molar-refractivity contribution < 1.29 is 0 Å². The summed E-state index contributed by atoms with van der Waals surface area (Å²) in [5, 5.41) is 3.29. The molecule has 0 atom stereocenters. The minimum Gasteiger partial charge on any atom is -0.313 e. The van der Waals surface area contributed by atoms with Crippen LogP contribution in [0.2, 0.25) is 0 Å². The van der Waals surface area contributed by atoms with E-state index in [9.17, 15) is 0 Å². The van der Waals surface area contributed by atoms with Crippen LogP contribution in [0.3, 0.4) is 0 Å². The van der Waals surface area contributed by atoms with Crippen molar-refractivity contribution in [3.8, 4) is 0 Å². The molecule has 2 heterocycles. The highest BCUT2D eigenvalue weighted by Gasteiger charge is 2.05. The minimum atomic E-state index is 0. The molecule has 1 N–H and O–H groups in total. The van der Waals surface area contributed by atoms with Crippen molar-refractivity contribution in [2.24, 2.45) is 0 Å². The molecule has 2 nitrogen and oxygen atoms in total. The van der Waals surface area contributed by atoms with Gasteiger partial charge in [-0.3, -0.25) is 4.98 Å². The third kappa shape index (κ3) is 3.82. The van der Waals surface area contributed by atoms with E-state index in [1.807, 2.05) is 13.0 Å². The van der Waals surface area contributed by atoms with E-state index in [4.69, 9.17) is 0 Å². The summed E-state index contributed by atoms with van der Waals surface area (Å²) in [6.07, 6.45) is 3.32. The van der Waals surface area contributed by atoms with E-state index in [0.29, 0.717) is 0 Å². The summed E-state index contributed by atoms with van der Waals surface area (Å²) in [5.41, 5.74) is 3.61. The van der Waals surface area contributed by atoms with Gasteiger partial charge >= 0.3 is 0 Å². The summed E-state index contributed by atoms with van der Waals surface area (Å²) in [7, 11) is 0. The third-order valence-electron chi connectivity index (χ3n) is 2.28. The summed E-state index contributed by atoms with van der Waals surface area (Å²) in [6.45, 7) is 4.08. The van der Waals surface area contributed by atoms with E-state index in [1.54, 1.807) is 0 Å². The number of nitrogens with zero attached hydrogens (tertiary/aromatic N) is 1. The lowest BCUT2D eigenvalue weighted by atomic mass is 10.1. The van der Waals surface area contributed by atoms with Gasteiger partial charge in [0.25, 0.3) is 0 Å². The molecule has 1 aromatic heterocycles. The van der Waals surface area contributed by atoms with Crippen LogP contribution in [0.4, 0.5) is 0 Å². The van der Waals surface area contributed by atoms with Gasteiger partial charge in [-0.2, -0.15) is 0 Å². The highest BCUT2D eigenvalue weighted by atomic mass is 35.5. The van der Waals surface area contributed by atoms with E-state index in [-0.39, 0.29) is 24.8 Å². The summed E-state index contributed by atoms with van der Waals surface area (Å²) >= 11 is 0. The van der Waals surface area contributed by atoms with Crippen LogP contribution in [0.1, 0.15) is 17.8 Å². The van der Waals surface area contributed by atoms with Crippen molar-refractivity contribution in [3.05, 3.63) is 35.7 Å². The SMILES string of the molecule is Cc1cccc(C2=CCNCC2)n1.Cl.Cl. The molecule has 0 aliphatic carbocycles. The fraction of sp³-hybridized carbons (Fsp3) is 0.364. The van der Waals surface area contributed by atoms with Gasteiger partial charge in [-0.25, -0.2) is 0 Å². The number of hydrogen-bond acceptors (Lipinski definition) is 2. The van der Waals surface area contributed by atoms with Gasteiger partial charge in [0.1, 0.15) is 0 Å². The molecule has 0 fully saturated rings. The van der Waals surface area contributed by atoms with Gasteiger partial charge in [-0.05, 0) is 37.6 Å². The van der Waals surface area contributed by atoms with Gasteiger partial charge < -0.3 is 5.32 Å². The lowest BCUT2D eigenvalue weighted by molar-refractivity contribution is 0.736. The molecule has 0 bridgehead atoms. The number of halogens is 2. The van der Waals surface area contributed by atoms with Crippen molar-refractivity contribution in [1.82, 2.24) is 10.3 Å². The molecule has 84 valence electrons. The molecule has 0 aromatic carbocycles. The maximum Gasteiger partial charge on any atom is 0.0662 e. The second-order valence-corrected chi connectivity index (χ2v) is 3.35. The Hall–Kier alpha value is -0.570. The molecule has 0 spiro atoms. The van der Waals surface area contributed by atoms with Gasteiger partial charge in [0.2, 0.25) is 0 Å². The first-order chi connectivity index (χ1) is 6.36. The summed E-state index contributed by atoms with van der Waals surface area (Å²) in [5.74, 6) is 0. The predicted octanol–water partition coefficient (Wildman–Crippen LogP) is 2.61. The highest BCUT2D eigenvalue weighted by molar-refractivity contribution is 5.85. The van der Waals surface area contributed by atoms with Crippen molar-refractivity contribution in [2.75, 3.05) is 13.1 Å². The number of aromatic nitrogens is 1. The number of rotatable bonds is 1. The molecule has 1 aliphatic rings. The second-order valence-electron chi connectivity index (χ2n) is 3.35. The summed E-state index contributed by atoms with van der Waals surface area (Å²) < 4.78 is 0. The number of nitrogens with one attached hydrogen (secondary N) is 1. The zero-order valence-electron chi connectivity index (χ0n) is 8.69.